The first-order chi connectivity index (χ1) is 5.14. The quantitative estimate of drug-likeness (QED) is 0.651. The second-order valence-electron chi connectivity index (χ2n) is 4.64. The van der Waals surface area contributed by atoms with Gasteiger partial charge in [-0.15, -0.1) is 0 Å². The van der Waals surface area contributed by atoms with Crippen molar-refractivity contribution in [3.63, 3.8) is 0 Å². The second kappa shape index (κ2) is 3.57. The Hall–Kier alpha value is -0.0400. The topological polar surface area (TPSA) is 20.2 Å². The molecule has 1 aliphatic rings. The van der Waals surface area contributed by atoms with Gasteiger partial charge in [-0.1, -0.05) is 26.7 Å². The van der Waals surface area contributed by atoms with Crippen LogP contribution in [-0.2, 0) is 0 Å². The highest BCUT2D eigenvalue weighted by molar-refractivity contribution is 4.78. The van der Waals surface area contributed by atoms with Gasteiger partial charge in [0.15, 0.2) is 0 Å². The van der Waals surface area contributed by atoms with Crippen LogP contribution < -0.4 is 0 Å². The van der Waals surface area contributed by atoms with E-state index in [9.17, 15) is 0 Å². The summed E-state index contributed by atoms with van der Waals surface area (Å²) >= 11 is 0. The highest BCUT2D eigenvalue weighted by Crippen LogP contribution is 2.39. The SMILES string of the molecule is CC1(C)CCC[C@H](CCO)C1. The van der Waals surface area contributed by atoms with Crippen molar-refractivity contribution >= 4 is 0 Å². The Bertz CT molecular complexity index is 116. The zero-order chi connectivity index (χ0) is 8.32. The van der Waals surface area contributed by atoms with Crippen LogP contribution in [0.1, 0.15) is 46.0 Å². The van der Waals surface area contributed by atoms with E-state index in [2.05, 4.69) is 13.8 Å². The minimum Gasteiger partial charge on any atom is -0.396 e. The molecule has 1 rings (SSSR count). The summed E-state index contributed by atoms with van der Waals surface area (Å²) in [4.78, 5) is 0. The van der Waals surface area contributed by atoms with Gasteiger partial charge in [-0.2, -0.15) is 0 Å². The number of hydrogen-bond acceptors (Lipinski definition) is 1. The molecule has 0 bridgehead atoms. The molecule has 0 aromatic heterocycles. The molecule has 0 aliphatic heterocycles. The zero-order valence-corrected chi connectivity index (χ0v) is 7.77. The van der Waals surface area contributed by atoms with E-state index in [0.29, 0.717) is 12.0 Å². The van der Waals surface area contributed by atoms with Crippen molar-refractivity contribution in [1.82, 2.24) is 0 Å². The van der Waals surface area contributed by atoms with Gasteiger partial charge in [0.2, 0.25) is 0 Å². The van der Waals surface area contributed by atoms with Crippen molar-refractivity contribution in [2.75, 3.05) is 6.61 Å². The van der Waals surface area contributed by atoms with Gasteiger partial charge >= 0.3 is 0 Å². The lowest BCUT2D eigenvalue weighted by Gasteiger charge is -2.34. The van der Waals surface area contributed by atoms with Gasteiger partial charge < -0.3 is 5.11 Å². The summed E-state index contributed by atoms with van der Waals surface area (Å²) < 4.78 is 0. The third kappa shape index (κ3) is 2.82. The maximum absolute atomic E-state index is 8.79. The summed E-state index contributed by atoms with van der Waals surface area (Å²) in [5.74, 6) is 0.795. The molecule has 1 fully saturated rings. The Morgan fingerprint density at radius 3 is 2.73 bits per heavy atom. The Morgan fingerprint density at radius 2 is 2.18 bits per heavy atom. The lowest BCUT2D eigenvalue weighted by atomic mass is 9.71. The van der Waals surface area contributed by atoms with Crippen LogP contribution in [0, 0.1) is 11.3 Å². The van der Waals surface area contributed by atoms with Crippen LogP contribution in [0.3, 0.4) is 0 Å². The van der Waals surface area contributed by atoms with E-state index >= 15 is 0 Å². The molecule has 0 spiro atoms. The maximum atomic E-state index is 8.79. The van der Waals surface area contributed by atoms with Crippen molar-refractivity contribution in [1.29, 1.82) is 0 Å². The van der Waals surface area contributed by atoms with E-state index < -0.39 is 0 Å². The van der Waals surface area contributed by atoms with Crippen molar-refractivity contribution in [2.24, 2.45) is 11.3 Å². The van der Waals surface area contributed by atoms with Gasteiger partial charge in [-0.25, -0.2) is 0 Å². The summed E-state index contributed by atoms with van der Waals surface area (Å²) in [6.07, 6.45) is 6.40. The average Bonchev–Trinajstić information content (AvgIpc) is 1.85. The molecular weight excluding hydrogens is 136 g/mol. The minimum absolute atomic E-state index is 0.376. The van der Waals surface area contributed by atoms with Crippen LogP contribution >= 0.6 is 0 Å². The minimum atomic E-state index is 0.376. The fourth-order valence-electron chi connectivity index (χ4n) is 2.28. The van der Waals surface area contributed by atoms with Gasteiger partial charge in [0.25, 0.3) is 0 Å². The molecule has 0 aromatic rings. The van der Waals surface area contributed by atoms with Crippen molar-refractivity contribution < 1.29 is 5.11 Å². The average molecular weight is 156 g/mol. The maximum Gasteiger partial charge on any atom is 0.0433 e. The van der Waals surface area contributed by atoms with Gasteiger partial charge in [-0.05, 0) is 30.6 Å². The van der Waals surface area contributed by atoms with E-state index in [4.69, 9.17) is 5.11 Å². The Labute approximate surface area is 69.8 Å². The molecule has 0 saturated heterocycles. The molecule has 66 valence electrons. The van der Waals surface area contributed by atoms with Gasteiger partial charge in [0, 0.05) is 6.61 Å². The number of rotatable bonds is 2. The summed E-state index contributed by atoms with van der Waals surface area (Å²) in [7, 11) is 0. The number of hydrogen-bond donors (Lipinski definition) is 1. The standard InChI is InChI=1S/C10H20O/c1-10(2)6-3-4-9(8-10)5-7-11/h9,11H,3-8H2,1-2H3/t9-/m1/s1. The first kappa shape index (κ1) is 9.05. The molecule has 1 N–H and O–H groups in total. The fourth-order valence-corrected chi connectivity index (χ4v) is 2.28. The largest absolute Gasteiger partial charge is 0.396 e. The predicted molar refractivity (Wildman–Crippen MR) is 47.4 cm³/mol. The molecule has 0 amide bonds. The van der Waals surface area contributed by atoms with Crippen LogP contribution in [0.2, 0.25) is 0 Å². The molecule has 11 heavy (non-hydrogen) atoms. The van der Waals surface area contributed by atoms with Crippen LogP contribution in [0.25, 0.3) is 0 Å². The van der Waals surface area contributed by atoms with E-state index in [1.165, 1.54) is 25.7 Å². The zero-order valence-electron chi connectivity index (χ0n) is 7.77. The molecule has 1 atom stereocenters. The Balaban J connectivity index is 2.34. The second-order valence-corrected chi connectivity index (χ2v) is 4.64. The highest BCUT2D eigenvalue weighted by Gasteiger charge is 2.27. The summed E-state index contributed by atoms with van der Waals surface area (Å²) in [6, 6.07) is 0. The van der Waals surface area contributed by atoms with Crippen molar-refractivity contribution in [3.05, 3.63) is 0 Å². The van der Waals surface area contributed by atoms with Gasteiger partial charge in [0.1, 0.15) is 0 Å². The first-order valence-corrected chi connectivity index (χ1v) is 4.75. The van der Waals surface area contributed by atoms with Gasteiger partial charge in [-0.3, -0.25) is 0 Å². The third-order valence-corrected chi connectivity index (χ3v) is 2.84. The molecular formula is C10H20O. The van der Waals surface area contributed by atoms with Crippen LogP contribution in [0.4, 0.5) is 0 Å². The lowest BCUT2D eigenvalue weighted by Crippen LogP contribution is -2.23. The van der Waals surface area contributed by atoms with E-state index in [-0.39, 0.29) is 0 Å². The van der Waals surface area contributed by atoms with Crippen LogP contribution in [-0.4, -0.2) is 11.7 Å². The van der Waals surface area contributed by atoms with Crippen molar-refractivity contribution in [2.45, 2.75) is 46.0 Å². The predicted octanol–water partition coefficient (Wildman–Crippen LogP) is 2.59. The summed E-state index contributed by atoms with van der Waals surface area (Å²) in [6.45, 7) is 5.06. The summed E-state index contributed by atoms with van der Waals surface area (Å²) in [5, 5.41) is 8.79. The molecule has 0 aromatic carbocycles. The van der Waals surface area contributed by atoms with Crippen LogP contribution in [0.15, 0.2) is 0 Å². The normalized spacial score (nSPS) is 30.3. The lowest BCUT2D eigenvalue weighted by molar-refractivity contribution is 0.149. The monoisotopic (exact) mass is 156 g/mol. The highest BCUT2D eigenvalue weighted by atomic mass is 16.3. The van der Waals surface area contributed by atoms with E-state index in [0.717, 1.165) is 12.3 Å². The smallest absolute Gasteiger partial charge is 0.0433 e. The number of aliphatic hydroxyl groups is 1. The van der Waals surface area contributed by atoms with Crippen LogP contribution in [0.5, 0.6) is 0 Å². The molecule has 0 heterocycles. The fraction of sp³-hybridized carbons (Fsp3) is 1.00. The van der Waals surface area contributed by atoms with Gasteiger partial charge in [0.05, 0.1) is 0 Å². The Kier molecular flexibility index (Phi) is 2.94. The third-order valence-electron chi connectivity index (χ3n) is 2.84. The van der Waals surface area contributed by atoms with E-state index in [1.54, 1.807) is 0 Å². The molecule has 1 aliphatic carbocycles. The number of aliphatic hydroxyl groups excluding tert-OH is 1. The Morgan fingerprint density at radius 1 is 1.45 bits per heavy atom. The molecule has 1 nitrogen and oxygen atoms in total. The first-order valence-electron chi connectivity index (χ1n) is 4.75. The van der Waals surface area contributed by atoms with Crippen molar-refractivity contribution in [3.8, 4) is 0 Å². The molecule has 1 saturated carbocycles. The molecule has 0 unspecified atom stereocenters. The van der Waals surface area contributed by atoms with E-state index in [1.807, 2.05) is 0 Å². The molecule has 0 radical (unpaired) electrons. The molecule has 1 heteroatoms. The summed E-state index contributed by atoms with van der Waals surface area (Å²) in [5.41, 5.74) is 0.540.